The number of amides is 4. The van der Waals surface area contributed by atoms with Gasteiger partial charge in [0, 0.05) is 23.7 Å². The van der Waals surface area contributed by atoms with Crippen molar-refractivity contribution in [1.29, 1.82) is 0 Å². The molecule has 0 heterocycles. The lowest BCUT2D eigenvalue weighted by molar-refractivity contribution is -0.135. The van der Waals surface area contributed by atoms with Gasteiger partial charge >= 0.3 is 6.03 Å². The molecule has 4 amide bonds. The van der Waals surface area contributed by atoms with Crippen LogP contribution in [0.3, 0.4) is 0 Å². The van der Waals surface area contributed by atoms with Crippen molar-refractivity contribution in [3.63, 3.8) is 0 Å². The molecule has 36 heavy (non-hydrogen) atoms. The number of hydrogen-bond donors (Lipinski definition) is 6. The van der Waals surface area contributed by atoms with Gasteiger partial charge in [-0.05, 0) is 60.7 Å². The maximum absolute atomic E-state index is 13.8. The molecule has 0 aliphatic carbocycles. The zero-order valence-electron chi connectivity index (χ0n) is 19.4. The number of urea groups is 1. The molecule has 0 radical (unpaired) electrons. The van der Waals surface area contributed by atoms with Gasteiger partial charge in [0.25, 0.3) is 18.2 Å². The molecule has 9 nitrogen and oxygen atoms in total. The Labute approximate surface area is 206 Å². The Morgan fingerprint density at radius 2 is 1.50 bits per heavy atom. The topological polar surface area (TPSA) is 140 Å². The Bertz CT molecular complexity index is 1210. The fourth-order valence-corrected chi connectivity index (χ4v) is 2.93. The molecule has 188 valence electrons. The standard InChI is InChI=1S/C25H24F2N4O5/c1-25(23(26)27,30-24(35)28-2)20(22(34)31-36)29-21(33)19-13-11-17(12-14-19)6-4-3-5-16-7-9-18(15-32)10-8-16/h7-14,20,23,32,36H,15H2,1-2H3,(H,29,33)(H,31,34)(H2,28,30,35)/t20-,25?/m1/s1. The van der Waals surface area contributed by atoms with Crippen LogP contribution in [0.25, 0.3) is 0 Å². The highest BCUT2D eigenvalue weighted by atomic mass is 19.3. The number of benzene rings is 2. The highest BCUT2D eigenvalue weighted by Gasteiger charge is 2.48. The van der Waals surface area contributed by atoms with Gasteiger partial charge in [-0.1, -0.05) is 24.0 Å². The molecule has 11 heteroatoms. The largest absolute Gasteiger partial charge is 0.392 e. The number of hydrogen-bond acceptors (Lipinski definition) is 5. The van der Waals surface area contributed by atoms with Gasteiger partial charge in [0.1, 0.15) is 11.6 Å². The summed E-state index contributed by atoms with van der Waals surface area (Å²) in [4.78, 5) is 36.4. The lowest BCUT2D eigenvalue weighted by Gasteiger charge is -2.36. The summed E-state index contributed by atoms with van der Waals surface area (Å²) < 4.78 is 27.7. The average molecular weight is 498 g/mol. The highest BCUT2D eigenvalue weighted by Crippen LogP contribution is 2.21. The number of hydroxylamine groups is 1. The molecule has 0 aliphatic heterocycles. The molecular formula is C25H24F2N4O5. The Kier molecular flexibility index (Phi) is 9.93. The van der Waals surface area contributed by atoms with Crippen LogP contribution in [-0.4, -0.2) is 53.2 Å². The van der Waals surface area contributed by atoms with Crippen LogP contribution in [0.4, 0.5) is 13.6 Å². The van der Waals surface area contributed by atoms with E-state index in [1.807, 2.05) is 5.32 Å². The molecule has 2 atom stereocenters. The summed E-state index contributed by atoms with van der Waals surface area (Å²) in [7, 11) is 1.19. The van der Waals surface area contributed by atoms with Gasteiger partial charge < -0.3 is 21.1 Å². The Hall–Kier alpha value is -4.45. The average Bonchev–Trinajstić information content (AvgIpc) is 2.89. The quantitative estimate of drug-likeness (QED) is 0.193. The van der Waals surface area contributed by atoms with E-state index in [2.05, 4.69) is 34.3 Å². The third kappa shape index (κ3) is 7.27. The van der Waals surface area contributed by atoms with Crippen LogP contribution in [0.5, 0.6) is 0 Å². The van der Waals surface area contributed by atoms with Gasteiger partial charge in [0.05, 0.1) is 6.61 Å². The first-order valence-corrected chi connectivity index (χ1v) is 10.5. The second-order valence-electron chi connectivity index (χ2n) is 7.60. The van der Waals surface area contributed by atoms with Crippen molar-refractivity contribution in [2.45, 2.75) is 31.5 Å². The minimum Gasteiger partial charge on any atom is -0.392 e. The minimum atomic E-state index is -3.29. The predicted octanol–water partition coefficient (Wildman–Crippen LogP) is 1.14. The fourth-order valence-electron chi connectivity index (χ4n) is 2.93. The normalized spacial score (nSPS) is 12.5. The number of aliphatic hydroxyl groups excluding tert-OH is 1. The molecule has 2 rings (SSSR count). The summed E-state index contributed by atoms with van der Waals surface area (Å²) in [5.74, 6) is 8.74. The van der Waals surface area contributed by atoms with Gasteiger partial charge in [-0.2, -0.15) is 0 Å². The van der Waals surface area contributed by atoms with Gasteiger partial charge in [-0.3, -0.25) is 14.8 Å². The van der Waals surface area contributed by atoms with Crippen molar-refractivity contribution in [3.8, 4) is 23.7 Å². The Morgan fingerprint density at radius 1 is 0.972 bits per heavy atom. The molecule has 0 bridgehead atoms. The Balaban J connectivity index is 2.16. The van der Waals surface area contributed by atoms with E-state index in [4.69, 9.17) is 10.3 Å². The molecule has 1 unspecified atom stereocenters. The number of aliphatic hydroxyl groups is 1. The fraction of sp³-hybridized carbons (Fsp3) is 0.240. The zero-order valence-corrected chi connectivity index (χ0v) is 19.4. The lowest BCUT2D eigenvalue weighted by Crippen LogP contribution is -2.69. The number of nitrogens with one attached hydrogen (secondary N) is 4. The van der Waals surface area contributed by atoms with E-state index in [0.717, 1.165) is 18.1 Å². The van der Waals surface area contributed by atoms with Crippen molar-refractivity contribution in [2.24, 2.45) is 0 Å². The zero-order chi connectivity index (χ0) is 26.7. The maximum Gasteiger partial charge on any atom is 0.315 e. The molecule has 0 spiro atoms. The van der Waals surface area contributed by atoms with Crippen LogP contribution >= 0.6 is 0 Å². The summed E-state index contributed by atoms with van der Waals surface area (Å²) in [6.07, 6.45) is -3.29. The monoisotopic (exact) mass is 498 g/mol. The number of carbonyl (C=O) groups is 3. The van der Waals surface area contributed by atoms with E-state index in [1.54, 1.807) is 24.3 Å². The maximum atomic E-state index is 13.8. The van der Waals surface area contributed by atoms with Crippen molar-refractivity contribution in [2.75, 3.05) is 7.05 Å². The SMILES string of the molecule is CNC(=O)NC(C)(C(F)F)[C@H](NC(=O)c1ccc(C#CC#Cc2ccc(CO)cc2)cc1)C(=O)NO. The third-order valence-electron chi connectivity index (χ3n) is 5.07. The van der Waals surface area contributed by atoms with E-state index in [0.29, 0.717) is 5.56 Å². The third-order valence-corrected chi connectivity index (χ3v) is 5.07. The first kappa shape index (κ1) is 27.8. The predicted molar refractivity (Wildman–Crippen MR) is 126 cm³/mol. The molecule has 2 aromatic rings. The van der Waals surface area contributed by atoms with Crippen LogP contribution in [0.15, 0.2) is 48.5 Å². The first-order valence-electron chi connectivity index (χ1n) is 10.5. The first-order chi connectivity index (χ1) is 17.1. The molecule has 2 aromatic carbocycles. The molecular weight excluding hydrogens is 474 g/mol. The molecule has 6 N–H and O–H groups in total. The van der Waals surface area contributed by atoms with Crippen LogP contribution in [0, 0.1) is 23.7 Å². The van der Waals surface area contributed by atoms with E-state index in [-0.39, 0.29) is 12.2 Å². The molecule has 0 aliphatic rings. The van der Waals surface area contributed by atoms with Crippen LogP contribution in [-0.2, 0) is 11.4 Å². The van der Waals surface area contributed by atoms with Gasteiger partial charge in [-0.25, -0.2) is 19.1 Å². The number of rotatable bonds is 7. The van der Waals surface area contributed by atoms with E-state index in [1.165, 1.54) is 36.8 Å². The van der Waals surface area contributed by atoms with Gasteiger partial charge in [0.2, 0.25) is 0 Å². The summed E-state index contributed by atoms with van der Waals surface area (Å²) >= 11 is 0. The summed E-state index contributed by atoms with van der Waals surface area (Å²) in [5, 5.41) is 24.2. The second kappa shape index (κ2) is 12.9. The summed E-state index contributed by atoms with van der Waals surface area (Å²) in [5.41, 5.74) is 0.691. The minimum absolute atomic E-state index is 0.0166. The van der Waals surface area contributed by atoms with E-state index < -0.39 is 35.9 Å². The molecule has 0 aromatic heterocycles. The second-order valence-corrected chi connectivity index (χ2v) is 7.60. The van der Waals surface area contributed by atoms with Crippen LogP contribution in [0.1, 0.15) is 34.0 Å². The van der Waals surface area contributed by atoms with Crippen molar-refractivity contribution >= 4 is 17.8 Å². The van der Waals surface area contributed by atoms with Crippen LogP contribution < -0.4 is 21.4 Å². The molecule has 0 saturated carbocycles. The van der Waals surface area contributed by atoms with Crippen molar-refractivity contribution < 1.29 is 33.5 Å². The number of alkyl halides is 2. The van der Waals surface area contributed by atoms with Crippen molar-refractivity contribution in [3.05, 3.63) is 70.8 Å². The summed E-state index contributed by atoms with van der Waals surface area (Å²) in [6, 6.07) is 9.67. The summed E-state index contributed by atoms with van der Waals surface area (Å²) in [6.45, 7) is 0.795. The van der Waals surface area contributed by atoms with E-state index in [9.17, 15) is 23.2 Å². The molecule has 0 fully saturated rings. The highest BCUT2D eigenvalue weighted by molar-refractivity contribution is 5.98. The van der Waals surface area contributed by atoms with Gasteiger partial charge in [0.15, 0.2) is 0 Å². The van der Waals surface area contributed by atoms with Crippen molar-refractivity contribution in [1.82, 2.24) is 21.4 Å². The lowest BCUT2D eigenvalue weighted by atomic mass is 9.91. The van der Waals surface area contributed by atoms with E-state index >= 15 is 0 Å². The number of carbonyl (C=O) groups excluding carboxylic acids is 3. The molecule has 0 saturated heterocycles. The Morgan fingerprint density at radius 3 is 1.94 bits per heavy atom. The number of halogens is 2. The van der Waals surface area contributed by atoms with Crippen LogP contribution in [0.2, 0.25) is 0 Å². The van der Waals surface area contributed by atoms with Gasteiger partial charge in [-0.15, -0.1) is 0 Å². The smallest absolute Gasteiger partial charge is 0.315 e.